The predicted octanol–water partition coefficient (Wildman–Crippen LogP) is 1.78. The lowest BCUT2D eigenvalue weighted by Gasteiger charge is -2.19. The Balaban J connectivity index is 1.66. The van der Waals surface area contributed by atoms with Crippen molar-refractivity contribution in [3.8, 4) is 5.75 Å². The van der Waals surface area contributed by atoms with Gasteiger partial charge in [0, 0.05) is 19.2 Å². The number of nitrogens with one attached hydrogen (secondary N) is 1. The largest absolute Gasteiger partial charge is 0.492 e. The van der Waals surface area contributed by atoms with E-state index in [4.69, 9.17) is 14.6 Å². The molecule has 1 aliphatic heterocycles. The highest BCUT2D eigenvalue weighted by Gasteiger charge is 2.21. The molecule has 0 aliphatic carbocycles. The normalized spacial score (nSPS) is 19.8. The average Bonchev–Trinajstić information content (AvgIpc) is 2.98. The summed E-state index contributed by atoms with van der Waals surface area (Å²) in [5.74, 6) is 0.351. The molecule has 5 heteroatoms. The Kier molecular flexibility index (Phi) is 5.38. The maximum Gasteiger partial charge on any atom is 0.335 e. The van der Waals surface area contributed by atoms with Crippen LogP contribution in [0, 0.1) is 5.92 Å². The van der Waals surface area contributed by atoms with Crippen LogP contribution in [-0.4, -0.2) is 43.5 Å². The minimum absolute atomic E-state index is 0.269. The maximum atomic E-state index is 10.7. The van der Waals surface area contributed by atoms with Gasteiger partial charge >= 0.3 is 5.97 Å². The quantitative estimate of drug-likeness (QED) is 0.745. The van der Waals surface area contributed by atoms with Gasteiger partial charge in [-0.2, -0.15) is 0 Å². The zero-order valence-electron chi connectivity index (χ0n) is 11.7. The van der Waals surface area contributed by atoms with Crippen LogP contribution in [0.3, 0.4) is 0 Å². The second-order valence-electron chi connectivity index (χ2n) is 5.04. The van der Waals surface area contributed by atoms with Crippen LogP contribution in [0.25, 0.3) is 0 Å². The molecule has 2 N–H and O–H groups in total. The molecule has 0 saturated carbocycles. The van der Waals surface area contributed by atoms with Gasteiger partial charge in [0.25, 0.3) is 0 Å². The highest BCUT2D eigenvalue weighted by molar-refractivity contribution is 5.87. The summed E-state index contributed by atoms with van der Waals surface area (Å²) in [5, 5.41) is 12.2. The van der Waals surface area contributed by atoms with Gasteiger partial charge in [0.15, 0.2) is 0 Å². The highest BCUT2D eigenvalue weighted by Crippen LogP contribution is 2.16. The molecule has 1 saturated heterocycles. The van der Waals surface area contributed by atoms with E-state index in [1.54, 1.807) is 24.3 Å². The molecule has 2 rings (SSSR count). The minimum Gasteiger partial charge on any atom is -0.492 e. The third-order valence-corrected chi connectivity index (χ3v) is 3.61. The second-order valence-corrected chi connectivity index (χ2v) is 5.04. The smallest absolute Gasteiger partial charge is 0.335 e. The molecule has 0 radical (unpaired) electrons. The number of carbonyl (C=O) groups is 1. The van der Waals surface area contributed by atoms with Gasteiger partial charge in [-0.15, -0.1) is 0 Å². The number of ether oxygens (including phenoxy) is 2. The first-order valence-electron chi connectivity index (χ1n) is 6.94. The van der Waals surface area contributed by atoms with Crippen molar-refractivity contribution in [2.75, 3.05) is 26.4 Å². The monoisotopic (exact) mass is 279 g/mol. The molecule has 20 heavy (non-hydrogen) atoms. The molecular formula is C15H21NO4. The standard InChI is InChI=1S/C15H21NO4/c1-11(13-6-8-19-10-13)16-7-9-20-14-4-2-12(3-5-14)15(17)18/h2-5,11,13,16H,6-10H2,1H3,(H,17,18). The van der Waals surface area contributed by atoms with Crippen LogP contribution in [0.4, 0.5) is 0 Å². The van der Waals surface area contributed by atoms with Gasteiger partial charge in [-0.25, -0.2) is 4.79 Å². The van der Waals surface area contributed by atoms with E-state index in [1.807, 2.05) is 0 Å². The van der Waals surface area contributed by atoms with E-state index >= 15 is 0 Å². The van der Waals surface area contributed by atoms with Crippen molar-refractivity contribution in [2.24, 2.45) is 5.92 Å². The number of hydrogen-bond donors (Lipinski definition) is 2. The Morgan fingerprint density at radius 3 is 2.85 bits per heavy atom. The summed E-state index contributed by atoms with van der Waals surface area (Å²) in [6.07, 6.45) is 1.12. The first-order valence-corrected chi connectivity index (χ1v) is 6.94. The van der Waals surface area contributed by atoms with E-state index in [0.717, 1.165) is 26.2 Å². The Morgan fingerprint density at radius 1 is 1.50 bits per heavy atom. The van der Waals surface area contributed by atoms with Crippen molar-refractivity contribution >= 4 is 5.97 Å². The van der Waals surface area contributed by atoms with Gasteiger partial charge in [-0.05, 0) is 43.5 Å². The van der Waals surface area contributed by atoms with E-state index in [2.05, 4.69) is 12.2 Å². The van der Waals surface area contributed by atoms with Crippen LogP contribution in [0.5, 0.6) is 5.75 Å². The van der Waals surface area contributed by atoms with E-state index in [0.29, 0.717) is 24.3 Å². The van der Waals surface area contributed by atoms with Crippen LogP contribution < -0.4 is 10.1 Å². The number of carboxylic acids is 1. The van der Waals surface area contributed by atoms with E-state index in [1.165, 1.54) is 0 Å². The Hall–Kier alpha value is -1.59. The number of benzene rings is 1. The molecule has 0 amide bonds. The summed E-state index contributed by atoms with van der Waals surface area (Å²) in [6, 6.07) is 6.87. The van der Waals surface area contributed by atoms with E-state index < -0.39 is 5.97 Å². The van der Waals surface area contributed by atoms with Crippen LogP contribution >= 0.6 is 0 Å². The second kappa shape index (κ2) is 7.26. The summed E-state index contributed by atoms with van der Waals surface area (Å²) in [4.78, 5) is 10.7. The summed E-state index contributed by atoms with van der Waals surface area (Å²) in [6.45, 7) is 5.19. The lowest BCUT2D eigenvalue weighted by atomic mass is 10.0. The van der Waals surface area contributed by atoms with Crippen LogP contribution in [-0.2, 0) is 4.74 Å². The van der Waals surface area contributed by atoms with Crippen LogP contribution in [0.2, 0.25) is 0 Å². The minimum atomic E-state index is -0.925. The zero-order valence-corrected chi connectivity index (χ0v) is 11.7. The molecule has 1 aromatic rings. The van der Waals surface area contributed by atoms with Crippen molar-refractivity contribution in [3.05, 3.63) is 29.8 Å². The Morgan fingerprint density at radius 2 is 2.25 bits per heavy atom. The van der Waals surface area contributed by atoms with Crippen LogP contribution in [0.15, 0.2) is 24.3 Å². The number of rotatable bonds is 7. The third-order valence-electron chi connectivity index (χ3n) is 3.61. The van der Waals surface area contributed by atoms with E-state index in [9.17, 15) is 4.79 Å². The van der Waals surface area contributed by atoms with E-state index in [-0.39, 0.29) is 5.56 Å². The molecule has 110 valence electrons. The Bertz CT molecular complexity index is 426. The topological polar surface area (TPSA) is 67.8 Å². The number of hydrogen-bond acceptors (Lipinski definition) is 4. The fourth-order valence-corrected chi connectivity index (χ4v) is 2.26. The molecule has 5 nitrogen and oxygen atoms in total. The third kappa shape index (κ3) is 4.21. The molecule has 0 aromatic heterocycles. The van der Waals surface area contributed by atoms with Gasteiger partial charge in [0.05, 0.1) is 12.2 Å². The SMILES string of the molecule is CC(NCCOc1ccc(C(=O)O)cc1)C1CCOC1. The summed E-state index contributed by atoms with van der Waals surface area (Å²) in [5.41, 5.74) is 0.269. The lowest BCUT2D eigenvalue weighted by Crippen LogP contribution is -2.36. The highest BCUT2D eigenvalue weighted by atomic mass is 16.5. The first kappa shape index (κ1) is 14.8. The molecule has 0 bridgehead atoms. The molecule has 1 heterocycles. The van der Waals surface area contributed by atoms with Gasteiger partial charge in [0.1, 0.15) is 12.4 Å². The fourth-order valence-electron chi connectivity index (χ4n) is 2.26. The molecular weight excluding hydrogens is 258 g/mol. The lowest BCUT2D eigenvalue weighted by molar-refractivity contribution is 0.0697. The van der Waals surface area contributed by atoms with Crippen molar-refractivity contribution in [1.82, 2.24) is 5.32 Å². The summed E-state index contributed by atoms with van der Waals surface area (Å²) in [7, 11) is 0. The molecule has 1 fully saturated rings. The van der Waals surface area contributed by atoms with Crippen molar-refractivity contribution < 1.29 is 19.4 Å². The van der Waals surface area contributed by atoms with Crippen molar-refractivity contribution in [3.63, 3.8) is 0 Å². The average molecular weight is 279 g/mol. The molecule has 2 unspecified atom stereocenters. The molecule has 2 atom stereocenters. The van der Waals surface area contributed by atoms with Gasteiger partial charge in [-0.3, -0.25) is 0 Å². The van der Waals surface area contributed by atoms with Crippen molar-refractivity contribution in [2.45, 2.75) is 19.4 Å². The summed E-state index contributed by atoms with van der Waals surface area (Å²) < 4.78 is 10.9. The zero-order chi connectivity index (χ0) is 14.4. The van der Waals surface area contributed by atoms with Crippen LogP contribution in [0.1, 0.15) is 23.7 Å². The summed E-state index contributed by atoms with van der Waals surface area (Å²) >= 11 is 0. The van der Waals surface area contributed by atoms with Gasteiger partial charge in [-0.1, -0.05) is 0 Å². The maximum absolute atomic E-state index is 10.7. The fraction of sp³-hybridized carbons (Fsp3) is 0.533. The van der Waals surface area contributed by atoms with Gasteiger partial charge in [0.2, 0.25) is 0 Å². The van der Waals surface area contributed by atoms with Crippen molar-refractivity contribution in [1.29, 1.82) is 0 Å². The molecule has 1 aliphatic rings. The number of aromatic carboxylic acids is 1. The molecule has 1 aromatic carbocycles. The molecule has 0 spiro atoms. The first-order chi connectivity index (χ1) is 9.66. The predicted molar refractivity (Wildman–Crippen MR) is 75.3 cm³/mol. The van der Waals surface area contributed by atoms with Gasteiger partial charge < -0.3 is 19.9 Å². The Labute approximate surface area is 118 Å². The number of carboxylic acid groups (broad SMARTS) is 1.